The first-order valence-electron chi connectivity index (χ1n) is 9.50. The third-order valence-electron chi connectivity index (χ3n) is 5.10. The van der Waals surface area contributed by atoms with E-state index in [0.717, 1.165) is 12.1 Å². The van der Waals surface area contributed by atoms with Crippen LogP contribution in [0.15, 0.2) is 45.6 Å². The van der Waals surface area contributed by atoms with Gasteiger partial charge < -0.3 is 49.6 Å². The Labute approximate surface area is 179 Å². The average molecular weight is 448 g/mol. The molecular weight excluding hydrogens is 428 g/mol. The molecule has 0 radical (unpaired) electrons. The Morgan fingerprint density at radius 1 is 1.00 bits per heavy atom. The molecule has 4 rings (SSSR count). The number of aromatic hydroxyl groups is 3. The molecular formula is C21H20O11. The quantitative estimate of drug-likeness (QED) is 0.272. The number of rotatable bonds is 5. The second-order valence-corrected chi connectivity index (χ2v) is 7.29. The van der Waals surface area contributed by atoms with Gasteiger partial charge in [0.25, 0.3) is 0 Å². The molecule has 11 heteroatoms. The summed E-state index contributed by atoms with van der Waals surface area (Å²) >= 11 is 0. The summed E-state index contributed by atoms with van der Waals surface area (Å²) in [7, 11) is 0. The number of fused-ring (bicyclic) bond motifs is 1. The highest BCUT2D eigenvalue weighted by Crippen LogP contribution is 2.37. The molecule has 1 saturated heterocycles. The van der Waals surface area contributed by atoms with Crippen molar-refractivity contribution in [1.29, 1.82) is 0 Å². The van der Waals surface area contributed by atoms with Crippen LogP contribution in [-0.2, 0) is 4.74 Å². The van der Waals surface area contributed by atoms with Gasteiger partial charge in [-0.15, -0.1) is 0 Å². The number of hydrogen-bond acceptors (Lipinski definition) is 11. The maximum Gasteiger partial charge on any atom is 0.239 e. The number of ether oxygens (including phenoxy) is 2. The number of phenols is 3. The van der Waals surface area contributed by atoms with Crippen LogP contribution >= 0.6 is 0 Å². The summed E-state index contributed by atoms with van der Waals surface area (Å²) in [4.78, 5) is 13.2. The Morgan fingerprint density at radius 3 is 2.34 bits per heavy atom. The minimum Gasteiger partial charge on any atom is -0.508 e. The fourth-order valence-corrected chi connectivity index (χ4v) is 3.49. The predicted molar refractivity (Wildman–Crippen MR) is 107 cm³/mol. The zero-order valence-corrected chi connectivity index (χ0v) is 16.3. The van der Waals surface area contributed by atoms with Crippen LogP contribution in [-0.4, -0.2) is 73.1 Å². The van der Waals surface area contributed by atoms with Crippen LogP contribution in [0.2, 0.25) is 0 Å². The maximum atomic E-state index is 13.2. The van der Waals surface area contributed by atoms with Gasteiger partial charge in [-0.3, -0.25) is 4.79 Å². The van der Waals surface area contributed by atoms with Gasteiger partial charge >= 0.3 is 0 Å². The molecule has 7 N–H and O–H groups in total. The van der Waals surface area contributed by atoms with Gasteiger partial charge in [-0.25, -0.2) is 0 Å². The number of aliphatic hydroxyl groups is 4. The van der Waals surface area contributed by atoms with Crippen molar-refractivity contribution in [2.45, 2.75) is 30.7 Å². The molecule has 5 atom stereocenters. The molecule has 2 heterocycles. The summed E-state index contributed by atoms with van der Waals surface area (Å²) in [5.41, 5.74) is -0.771. The highest BCUT2D eigenvalue weighted by Gasteiger charge is 2.47. The first-order valence-corrected chi connectivity index (χ1v) is 9.50. The second kappa shape index (κ2) is 8.30. The smallest absolute Gasteiger partial charge is 0.239 e. The molecule has 32 heavy (non-hydrogen) atoms. The van der Waals surface area contributed by atoms with Gasteiger partial charge in [0.05, 0.1) is 6.61 Å². The Bertz CT molecular complexity index is 1190. The molecule has 0 bridgehead atoms. The van der Waals surface area contributed by atoms with Crippen LogP contribution in [0, 0.1) is 0 Å². The normalized spacial score (nSPS) is 24.0. The molecule has 1 aliphatic rings. The fourth-order valence-electron chi connectivity index (χ4n) is 3.49. The van der Waals surface area contributed by atoms with Crippen LogP contribution in [0.25, 0.3) is 22.3 Å². The van der Waals surface area contributed by atoms with Gasteiger partial charge in [0, 0.05) is 17.7 Å². The van der Waals surface area contributed by atoms with Crippen molar-refractivity contribution >= 4 is 11.0 Å². The van der Waals surface area contributed by atoms with E-state index >= 15 is 0 Å². The lowest BCUT2D eigenvalue weighted by Crippen LogP contribution is -2.40. The Morgan fingerprint density at radius 2 is 1.69 bits per heavy atom. The summed E-state index contributed by atoms with van der Waals surface area (Å²) in [5.74, 6) is -1.68. The van der Waals surface area contributed by atoms with Gasteiger partial charge in [-0.1, -0.05) is 0 Å². The van der Waals surface area contributed by atoms with Gasteiger partial charge in [0.15, 0.2) is 5.76 Å². The summed E-state index contributed by atoms with van der Waals surface area (Å²) in [6.45, 7) is -0.755. The fraction of sp³-hybridized carbons (Fsp3) is 0.286. The molecule has 0 aliphatic carbocycles. The van der Waals surface area contributed by atoms with Crippen LogP contribution in [0.3, 0.4) is 0 Å². The lowest BCUT2D eigenvalue weighted by molar-refractivity contribution is -0.137. The van der Waals surface area contributed by atoms with Gasteiger partial charge in [-0.05, 0) is 24.3 Å². The molecule has 0 saturated carbocycles. The van der Waals surface area contributed by atoms with Crippen molar-refractivity contribution in [3.05, 3.63) is 46.6 Å². The summed E-state index contributed by atoms with van der Waals surface area (Å²) in [5, 5.41) is 68.5. The molecule has 1 fully saturated rings. The number of hydrogen-bond donors (Lipinski definition) is 7. The standard InChI is InChI=1S/C21H20O11/c22-7-12(26)19-16(28)17(29)21(31-19)32-20-15(27)14-11(25)5-10(24)6-13(14)30-18(20)8-1-3-9(23)4-2-8/h1-6,12,16-17,19,21-26,28-29H,7H2/t12-,16+,17-,19-,21-/m1/s1. The van der Waals surface area contributed by atoms with E-state index in [9.17, 15) is 35.4 Å². The molecule has 1 aromatic heterocycles. The monoisotopic (exact) mass is 448 g/mol. The predicted octanol–water partition coefficient (Wildman–Crippen LogP) is -0.244. The molecule has 2 aromatic carbocycles. The molecule has 1 aliphatic heterocycles. The topological polar surface area (TPSA) is 190 Å². The van der Waals surface area contributed by atoms with E-state index in [-0.39, 0.29) is 33.8 Å². The van der Waals surface area contributed by atoms with Crippen LogP contribution < -0.4 is 10.2 Å². The Hall–Kier alpha value is -3.35. The van der Waals surface area contributed by atoms with Crippen molar-refractivity contribution in [1.82, 2.24) is 0 Å². The second-order valence-electron chi connectivity index (χ2n) is 7.29. The summed E-state index contributed by atoms with van der Waals surface area (Å²) in [6.07, 6.45) is -7.87. The van der Waals surface area contributed by atoms with E-state index in [1.54, 1.807) is 0 Å². The lowest BCUT2D eigenvalue weighted by atomic mass is 10.1. The van der Waals surface area contributed by atoms with Gasteiger partial charge in [-0.2, -0.15) is 0 Å². The van der Waals surface area contributed by atoms with Crippen LogP contribution in [0.1, 0.15) is 0 Å². The van der Waals surface area contributed by atoms with Crippen LogP contribution in [0.4, 0.5) is 0 Å². The first kappa shape index (κ1) is 21.9. The minimum absolute atomic E-state index is 0.0619. The van der Waals surface area contributed by atoms with Gasteiger partial charge in [0.1, 0.15) is 52.6 Å². The minimum atomic E-state index is -1.70. The Kier molecular flexibility index (Phi) is 5.67. The van der Waals surface area contributed by atoms with E-state index in [1.165, 1.54) is 24.3 Å². The largest absolute Gasteiger partial charge is 0.508 e. The number of benzene rings is 2. The van der Waals surface area contributed by atoms with E-state index in [4.69, 9.17) is 19.0 Å². The lowest BCUT2D eigenvalue weighted by Gasteiger charge is -2.19. The average Bonchev–Trinajstić information content (AvgIpc) is 3.03. The van der Waals surface area contributed by atoms with Crippen LogP contribution in [0.5, 0.6) is 23.0 Å². The highest BCUT2D eigenvalue weighted by molar-refractivity contribution is 5.88. The molecule has 0 spiro atoms. The van der Waals surface area contributed by atoms with Crippen molar-refractivity contribution < 1.29 is 49.6 Å². The molecule has 0 amide bonds. The van der Waals surface area contributed by atoms with E-state index in [1.807, 2.05) is 0 Å². The van der Waals surface area contributed by atoms with Crippen molar-refractivity contribution in [2.24, 2.45) is 0 Å². The SMILES string of the molecule is O=c1c(O[C@H]2O[C@H]([C@H](O)CO)[C@@H](O)[C@H]2O)c(-c2ccc(O)cc2)oc2cc(O)cc(O)c12. The van der Waals surface area contributed by atoms with E-state index < -0.39 is 54.2 Å². The molecule has 170 valence electrons. The van der Waals surface area contributed by atoms with Crippen molar-refractivity contribution in [3.63, 3.8) is 0 Å². The summed E-state index contributed by atoms with van der Waals surface area (Å²) in [6, 6.07) is 7.51. The summed E-state index contributed by atoms with van der Waals surface area (Å²) < 4.78 is 16.6. The van der Waals surface area contributed by atoms with Crippen molar-refractivity contribution in [3.8, 4) is 34.3 Å². The van der Waals surface area contributed by atoms with E-state index in [0.29, 0.717) is 0 Å². The third-order valence-corrected chi connectivity index (χ3v) is 5.10. The Balaban J connectivity index is 1.86. The van der Waals surface area contributed by atoms with E-state index in [2.05, 4.69) is 0 Å². The maximum absolute atomic E-state index is 13.2. The molecule has 11 nitrogen and oxygen atoms in total. The van der Waals surface area contributed by atoms with Crippen molar-refractivity contribution in [2.75, 3.05) is 6.61 Å². The molecule has 0 unspecified atom stereocenters. The number of aliphatic hydroxyl groups excluding tert-OH is 4. The number of phenolic OH excluding ortho intramolecular Hbond substituents is 3. The zero-order valence-electron chi connectivity index (χ0n) is 16.3. The van der Waals surface area contributed by atoms with Gasteiger partial charge in [0.2, 0.25) is 17.5 Å². The highest BCUT2D eigenvalue weighted by atomic mass is 16.7. The molecule has 3 aromatic rings. The zero-order chi connectivity index (χ0) is 23.2. The third kappa shape index (κ3) is 3.72. The first-order chi connectivity index (χ1) is 15.2.